The third kappa shape index (κ3) is 5.47. The predicted octanol–water partition coefficient (Wildman–Crippen LogP) is 2.84. The number of hydrogen-bond donors (Lipinski definition) is 1. The Morgan fingerprint density at radius 3 is 2.38 bits per heavy atom. The lowest BCUT2D eigenvalue weighted by atomic mass is 9.96. The number of ether oxygens (including phenoxy) is 3. The van der Waals surface area contributed by atoms with Crippen LogP contribution in [-0.4, -0.2) is 61.6 Å². The van der Waals surface area contributed by atoms with Crippen LogP contribution in [0.1, 0.15) is 54.7 Å². The van der Waals surface area contributed by atoms with Crippen molar-refractivity contribution in [1.29, 1.82) is 0 Å². The Kier molecular flexibility index (Phi) is 7.18. The maximum atomic E-state index is 12.5. The average Bonchev–Trinajstić information content (AvgIpc) is 3.27. The number of nitrogens with zero attached hydrogens (tertiary/aromatic N) is 4. The van der Waals surface area contributed by atoms with E-state index in [0.29, 0.717) is 11.2 Å². The lowest BCUT2D eigenvalue weighted by molar-refractivity contribution is -0.158. The van der Waals surface area contributed by atoms with Gasteiger partial charge in [-0.05, 0) is 20.8 Å². The van der Waals surface area contributed by atoms with Gasteiger partial charge in [-0.15, -0.1) is 11.6 Å². The summed E-state index contributed by atoms with van der Waals surface area (Å²) < 4.78 is 18.5. The highest BCUT2D eigenvalue weighted by atomic mass is 35.5. The van der Waals surface area contributed by atoms with Crippen molar-refractivity contribution < 1.29 is 28.6 Å². The maximum absolute atomic E-state index is 12.5. The van der Waals surface area contributed by atoms with E-state index >= 15 is 0 Å². The topological polar surface area (TPSA) is 135 Å². The summed E-state index contributed by atoms with van der Waals surface area (Å²) in [5, 5.41) is 1.96. The fraction of sp³-hybridized carbons (Fsp3) is 0.636. The Balaban J connectivity index is 1.91. The lowest BCUT2D eigenvalue weighted by Crippen LogP contribution is -2.34. The molecule has 0 aromatic carbocycles. The van der Waals surface area contributed by atoms with Crippen LogP contribution in [0.3, 0.4) is 0 Å². The van der Waals surface area contributed by atoms with Crippen LogP contribution >= 0.6 is 11.6 Å². The number of anilines is 1. The van der Waals surface area contributed by atoms with Crippen LogP contribution in [0.5, 0.6) is 0 Å². The zero-order valence-electron chi connectivity index (χ0n) is 20.3. The van der Waals surface area contributed by atoms with E-state index in [1.807, 2.05) is 0 Å². The number of halogens is 1. The largest absolute Gasteiger partial charge is 0.462 e. The fourth-order valence-electron chi connectivity index (χ4n) is 3.17. The van der Waals surface area contributed by atoms with Gasteiger partial charge in [-0.3, -0.25) is 19.0 Å². The number of rotatable bonds is 5. The SMILES string of the molecule is CC(=O)O[C@@H]1[C@@H](Cl)[C@@H](COC(=O)C(C)(C)C)O[C@H]1n1cnc2c(NC(=O)C(C)(C)C)ncnc21. The van der Waals surface area contributed by atoms with Crippen molar-refractivity contribution in [2.45, 2.75) is 72.3 Å². The number of alkyl halides is 1. The molecular formula is C22H30ClN5O6. The highest BCUT2D eigenvalue weighted by molar-refractivity contribution is 6.21. The molecule has 34 heavy (non-hydrogen) atoms. The number of aromatic nitrogens is 4. The molecule has 0 spiro atoms. The van der Waals surface area contributed by atoms with Gasteiger partial charge in [0.05, 0.1) is 11.7 Å². The summed E-state index contributed by atoms with van der Waals surface area (Å²) in [5.74, 6) is -0.955. The minimum absolute atomic E-state index is 0.118. The summed E-state index contributed by atoms with van der Waals surface area (Å²) in [7, 11) is 0. The lowest BCUT2D eigenvalue weighted by Gasteiger charge is -2.21. The minimum atomic E-state index is -0.905. The van der Waals surface area contributed by atoms with Crippen LogP contribution in [0.25, 0.3) is 11.2 Å². The second kappa shape index (κ2) is 9.46. The number of nitrogens with one attached hydrogen (secondary N) is 1. The van der Waals surface area contributed by atoms with Crippen LogP contribution in [0.15, 0.2) is 12.7 Å². The number of carbonyl (C=O) groups is 3. The number of fused-ring (bicyclic) bond motifs is 1. The van der Waals surface area contributed by atoms with Gasteiger partial charge in [0.2, 0.25) is 5.91 Å². The van der Waals surface area contributed by atoms with Gasteiger partial charge in [0, 0.05) is 12.3 Å². The molecule has 186 valence electrons. The molecule has 2 aromatic heterocycles. The summed E-state index contributed by atoms with van der Waals surface area (Å²) in [5.41, 5.74) is -0.657. The monoisotopic (exact) mass is 495 g/mol. The van der Waals surface area contributed by atoms with Gasteiger partial charge in [-0.1, -0.05) is 20.8 Å². The van der Waals surface area contributed by atoms with Crippen LogP contribution in [0.2, 0.25) is 0 Å². The molecule has 11 nitrogen and oxygen atoms in total. The zero-order valence-corrected chi connectivity index (χ0v) is 21.0. The van der Waals surface area contributed by atoms with Crippen molar-refractivity contribution in [3.63, 3.8) is 0 Å². The van der Waals surface area contributed by atoms with Gasteiger partial charge in [0.25, 0.3) is 0 Å². The predicted molar refractivity (Wildman–Crippen MR) is 123 cm³/mol. The molecule has 2 aromatic rings. The van der Waals surface area contributed by atoms with E-state index in [2.05, 4.69) is 20.3 Å². The van der Waals surface area contributed by atoms with Crippen LogP contribution in [0, 0.1) is 10.8 Å². The Bertz CT molecular complexity index is 1090. The Morgan fingerprint density at radius 1 is 1.12 bits per heavy atom. The fourth-order valence-corrected chi connectivity index (χ4v) is 3.48. The Hall–Kier alpha value is -2.79. The van der Waals surface area contributed by atoms with Gasteiger partial charge in [-0.25, -0.2) is 15.0 Å². The smallest absolute Gasteiger partial charge is 0.311 e. The molecule has 0 unspecified atom stereocenters. The molecule has 0 bridgehead atoms. The van der Waals surface area contributed by atoms with E-state index < -0.39 is 46.6 Å². The van der Waals surface area contributed by atoms with E-state index in [4.69, 9.17) is 25.8 Å². The minimum Gasteiger partial charge on any atom is -0.462 e. The quantitative estimate of drug-likeness (QED) is 0.490. The summed E-state index contributed by atoms with van der Waals surface area (Å²) in [4.78, 5) is 49.2. The van der Waals surface area contributed by atoms with Gasteiger partial charge < -0.3 is 19.5 Å². The third-order valence-corrected chi connectivity index (χ3v) is 5.63. The van der Waals surface area contributed by atoms with Crippen molar-refractivity contribution in [2.24, 2.45) is 10.8 Å². The van der Waals surface area contributed by atoms with E-state index in [1.165, 1.54) is 19.6 Å². The molecule has 1 N–H and O–H groups in total. The summed E-state index contributed by atoms with van der Waals surface area (Å²) in [6, 6.07) is 0. The molecule has 4 atom stereocenters. The molecule has 0 radical (unpaired) electrons. The van der Waals surface area contributed by atoms with Crippen molar-refractivity contribution in [2.75, 3.05) is 11.9 Å². The molecule has 1 saturated heterocycles. The van der Waals surface area contributed by atoms with E-state index in [9.17, 15) is 14.4 Å². The molecule has 3 heterocycles. The van der Waals surface area contributed by atoms with Crippen molar-refractivity contribution in [3.05, 3.63) is 12.7 Å². The number of imidazole rings is 1. The number of hydrogen-bond acceptors (Lipinski definition) is 9. The summed E-state index contributed by atoms with van der Waals surface area (Å²) >= 11 is 6.58. The van der Waals surface area contributed by atoms with E-state index in [-0.39, 0.29) is 18.3 Å². The van der Waals surface area contributed by atoms with Gasteiger partial charge in [0.15, 0.2) is 29.3 Å². The first kappa shape index (κ1) is 25.8. The summed E-state index contributed by atoms with van der Waals surface area (Å²) in [6.45, 7) is 11.7. The average molecular weight is 496 g/mol. The summed E-state index contributed by atoms with van der Waals surface area (Å²) in [6.07, 6.45) is 0.186. The first-order chi connectivity index (χ1) is 15.7. The van der Waals surface area contributed by atoms with Crippen molar-refractivity contribution in [1.82, 2.24) is 19.5 Å². The van der Waals surface area contributed by atoms with E-state index in [1.54, 1.807) is 46.1 Å². The van der Waals surface area contributed by atoms with Gasteiger partial charge >= 0.3 is 11.9 Å². The number of amides is 1. The third-order valence-electron chi connectivity index (χ3n) is 5.10. The van der Waals surface area contributed by atoms with Crippen LogP contribution in [0.4, 0.5) is 5.82 Å². The molecule has 3 rings (SSSR count). The number of carbonyl (C=O) groups excluding carboxylic acids is 3. The first-order valence-corrected chi connectivity index (χ1v) is 11.3. The van der Waals surface area contributed by atoms with Crippen molar-refractivity contribution in [3.8, 4) is 0 Å². The molecule has 0 aliphatic carbocycles. The molecule has 12 heteroatoms. The van der Waals surface area contributed by atoms with Gasteiger partial charge in [-0.2, -0.15) is 0 Å². The van der Waals surface area contributed by atoms with Crippen molar-refractivity contribution >= 4 is 46.4 Å². The van der Waals surface area contributed by atoms with Crippen LogP contribution in [-0.2, 0) is 28.6 Å². The van der Waals surface area contributed by atoms with Gasteiger partial charge in [0.1, 0.15) is 24.4 Å². The molecule has 0 saturated carbocycles. The standard InChI is InChI=1S/C22H30ClN5O6/c1-11(29)33-15-13(23)12(8-32-20(31)22(5,6)7)34-18(15)28-10-26-14-16(24-9-25-17(14)28)27-19(30)21(2,3)4/h9-10,12-13,15,18H,8H2,1-7H3,(H,24,25,27,30)/t12-,13+,15-,18-/m1/s1. The number of esters is 2. The molecule has 1 amide bonds. The normalized spacial score (nSPS) is 23.1. The molecule has 1 aliphatic heterocycles. The van der Waals surface area contributed by atoms with Crippen LogP contribution < -0.4 is 5.32 Å². The molecule has 1 fully saturated rings. The molecular weight excluding hydrogens is 466 g/mol. The zero-order chi connectivity index (χ0) is 25.4. The second-order valence-corrected chi connectivity index (χ2v) is 10.7. The van der Waals surface area contributed by atoms with E-state index in [0.717, 1.165) is 0 Å². The Morgan fingerprint density at radius 2 is 1.79 bits per heavy atom. The first-order valence-electron chi connectivity index (χ1n) is 10.8. The Labute approximate surface area is 202 Å². The molecule has 1 aliphatic rings. The maximum Gasteiger partial charge on any atom is 0.311 e. The highest BCUT2D eigenvalue weighted by Gasteiger charge is 2.48. The highest BCUT2D eigenvalue weighted by Crippen LogP contribution is 2.37. The second-order valence-electron chi connectivity index (χ2n) is 10.2.